The van der Waals surface area contributed by atoms with Gasteiger partial charge in [-0.05, 0) is 30.2 Å². The van der Waals surface area contributed by atoms with Crippen molar-refractivity contribution in [2.45, 2.75) is 20.1 Å². The Bertz CT molecular complexity index is 416. The van der Waals surface area contributed by atoms with Crippen molar-refractivity contribution in [1.82, 2.24) is 0 Å². The normalized spacial score (nSPS) is 12.6. The van der Waals surface area contributed by atoms with E-state index in [9.17, 15) is 0 Å². The monoisotopic (exact) mass is 233 g/mol. The lowest BCUT2D eigenvalue weighted by Crippen LogP contribution is -1.93. The first-order valence-electron chi connectivity index (χ1n) is 5.31. The van der Waals surface area contributed by atoms with E-state index in [4.69, 9.17) is 15.5 Å². The van der Waals surface area contributed by atoms with Crippen molar-refractivity contribution in [3.8, 4) is 6.07 Å². The molecule has 0 radical (unpaired) electrons. The Morgan fingerprint density at radius 2 is 1.82 bits per heavy atom. The molecular weight excluding hydrogens is 218 g/mol. The highest BCUT2D eigenvalue weighted by Gasteiger charge is 2.00. The third-order valence-corrected chi connectivity index (χ3v) is 2.16. The summed E-state index contributed by atoms with van der Waals surface area (Å²) in [5.74, 6) is -0.169. The molecule has 0 aromatic heterocycles. The van der Waals surface area contributed by atoms with Crippen molar-refractivity contribution in [1.29, 1.82) is 5.26 Å². The van der Waals surface area contributed by atoms with E-state index in [1.807, 2.05) is 0 Å². The van der Waals surface area contributed by atoms with E-state index >= 15 is 0 Å². The molecule has 0 bridgehead atoms. The minimum Gasteiger partial charge on any atom is -0.392 e. The molecule has 1 aromatic rings. The predicted molar refractivity (Wildman–Crippen MR) is 62.4 cm³/mol. The van der Waals surface area contributed by atoms with Gasteiger partial charge in [0.1, 0.15) is 0 Å². The lowest BCUT2D eigenvalue weighted by Gasteiger charge is -2.02. The van der Waals surface area contributed by atoms with Crippen LogP contribution in [0.1, 0.15) is 18.1 Å². The van der Waals surface area contributed by atoms with Crippen LogP contribution in [0.15, 0.2) is 28.4 Å². The number of nitriles is 1. The van der Waals surface area contributed by atoms with Crippen molar-refractivity contribution in [2.24, 2.45) is 16.1 Å². The maximum atomic E-state index is 9.04. The van der Waals surface area contributed by atoms with Gasteiger partial charge < -0.3 is 10.2 Å². The Hall–Kier alpha value is -1.77. The molecule has 0 saturated carbocycles. The molecule has 0 amide bonds. The summed E-state index contributed by atoms with van der Waals surface area (Å²) >= 11 is 0. The number of aliphatic hydroxyl groups is 2. The summed E-state index contributed by atoms with van der Waals surface area (Å²) in [6.07, 6.45) is 0. The zero-order valence-electron chi connectivity index (χ0n) is 9.67. The largest absolute Gasteiger partial charge is 0.392 e. The number of rotatable bonds is 5. The van der Waals surface area contributed by atoms with E-state index in [1.165, 1.54) is 0 Å². The molecule has 0 aliphatic heterocycles. The van der Waals surface area contributed by atoms with E-state index in [2.05, 4.69) is 16.3 Å². The molecule has 90 valence electrons. The number of hydrogen-bond acceptors (Lipinski definition) is 5. The summed E-state index contributed by atoms with van der Waals surface area (Å²) < 4.78 is 0. The van der Waals surface area contributed by atoms with Crippen LogP contribution in [0.4, 0.5) is 5.69 Å². The van der Waals surface area contributed by atoms with Crippen molar-refractivity contribution in [3.05, 3.63) is 29.3 Å². The highest BCUT2D eigenvalue weighted by Crippen LogP contribution is 2.18. The van der Waals surface area contributed by atoms with Gasteiger partial charge in [0.05, 0.1) is 37.4 Å². The second-order valence-corrected chi connectivity index (χ2v) is 3.78. The number of benzene rings is 1. The summed E-state index contributed by atoms with van der Waals surface area (Å²) in [4.78, 5) is 0. The van der Waals surface area contributed by atoms with E-state index < -0.39 is 0 Å². The summed E-state index contributed by atoms with van der Waals surface area (Å²) in [5, 5.41) is 34.5. The highest BCUT2D eigenvalue weighted by atomic mass is 16.3. The fraction of sp³-hybridized carbons (Fsp3) is 0.417. The first-order valence-corrected chi connectivity index (χ1v) is 5.31. The van der Waals surface area contributed by atoms with E-state index in [1.54, 1.807) is 25.1 Å². The van der Waals surface area contributed by atoms with Gasteiger partial charge in [0.2, 0.25) is 0 Å². The fourth-order valence-corrected chi connectivity index (χ4v) is 1.27. The Kier molecular flexibility index (Phi) is 5.27. The Morgan fingerprint density at radius 1 is 1.24 bits per heavy atom. The SMILES string of the molecule is CC(C#N)CN=Nc1cc(CO)cc(CO)c1. The van der Waals surface area contributed by atoms with Gasteiger partial charge in [-0.15, -0.1) is 0 Å². The fourth-order valence-electron chi connectivity index (χ4n) is 1.27. The van der Waals surface area contributed by atoms with Crippen LogP contribution < -0.4 is 0 Å². The summed E-state index contributed by atoms with van der Waals surface area (Å²) in [7, 11) is 0. The molecule has 0 saturated heterocycles. The average molecular weight is 233 g/mol. The maximum absolute atomic E-state index is 9.04. The Balaban J connectivity index is 2.80. The van der Waals surface area contributed by atoms with Gasteiger partial charge in [-0.3, -0.25) is 0 Å². The van der Waals surface area contributed by atoms with Crippen LogP contribution in [-0.2, 0) is 13.2 Å². The molecule has 1 atom stereocenters. The topological polar surface area (TPSA) is 89.0 Å². The van der Waals surface area contributed by atoms with Crippen LogP contribution in [0.2, 0.25) is 0 Å². The zero-order chi connectivity index (χ0) is 12.7. The van der Waals surface area contributed by atoms with Crippen LogP contribution >= 0.6 is 0 Å². The molecular formula is C12H15N3O2. The van der Waals surface area contributed by atoms with Crippen LogP contribution in [0.3, 0.4) is 0 Å². The van der Waals surface area contributed by atoms with Crippen molar-refractivity contribution >= 4 is 5.69 Å². The average Bonchev–Trinajstić information content (AvgIpc) is 2.37. The quantitative estimate of drug-likeness (QED) is 0.761. The predicted octanol–water partition coefficient (Wildman–Crippen LogP) is 1.91. The van der Waals surface area contributed by atoms with Gasteiger partial charge in [0.15, 0.2) is 0 Å². The minimum atomic E-state index is -0.169. The summed E-state index contributed by atoms with van der Waals surface area (Å²) in [6, 6.07) is 7.16. The Labute approximate surface area is 100 Å². The van der Waals surface area contributed by atoms with Gasteiger partial charge in [-0.25, -0.2) is 0 Å². The zero-order valence-corrected chi connectivity index (χ0v) is 9.67. The van der Waals surface area contributed by atoms with Gasteiger partial charge in [-0.2, -0.15) is 15.5 Å². The molecule has 0 fully saturated rings. The molecule has 17 heavy (non-hydrogen) atoms. The lowest BCUT2D eigenvalue weighted by atomic mass is 10.1. The molecule has 1 rings (SSSR count). The summed E-state index contributed by atoms with van der Waals surface area (Å²) in [5.41, 5.74) is 1.93. The molecule has 1 aromatic carbocycles. The smallest absolute Gasteiger partial charge is 0.0859 e. The maximum Gasteiger partial charge on any atom is 0.0859 e. The Morgan fingerprint density at radius 3 is 2.29 bits per heavy atom. The molecule has 1 unspecified atom stereocenters. The molecule has 0 spiro atoms. The van der Waals surface area contributed by atoms with E-state index in [0.717, 1.165) is 0 Å². The molecule has 0 aliphatic carbocycles. The second-order valence-electron chi connectivity index (χ2n) is 3.78. The third-order valence-electron chi connectivity index (χ3n) is 2.16. The highest BCUT2D eigenvalue weighted by molar-refractivity contribution is 5.43. The van der Waals surface area contributed by atoms with Crippen LogP contribution in [0.5, 0.6) is 0 Å². The van der Waals surface area contributed by atoms with Crippen LogP contribution in [-0.4, -0.2) is 16.8 Å². The van der Waals surface area contributed by atoms with Gasteiger partial charge in [0.25, 0.3) is 0 Å². The second kappa shape index (κ2) is 6.74. The first kappa shape index (κ1) is 13.3. The van der Waals surface area contributed by atoms with Gasteiger partial charge in [-0.1, -0.05) is 6.07 Å². The molecule has 5 nitrogen and oxygen atoms in total. The molecule has 5 heteroatoms. The third kappa shape index (κ3) is 4.31. The molecule has 0 aliphatic rings. The van der Waals surface area contributed by atoms with E-state index in [-0.39, 0.29) is 19.1 Å². The lowest BCUT2D eigenvalue weighted by molar-refractivity contribution is 0.275. The molecule has 2 N–H and O–H groups in total. The van der Waals surface area contributed by atoms with Gasteiger partial charge in [0, 0.05) is 0 Å². The van der Waals surface area contributed by atoms with E-state index in [0.29, 0.717) is 23.4 Å². The minimum absolute atomic E-state index is 0.106. The number of hydrogen-bond donors (Lipinski definition) is 2. The van der Waals surface area contributed by atoms with Gasteiger partial charge >= 0.3 is 0 Å². The standard InChI is InChI=1S/C12H15N3O2/c1-9(5-13)6-14-15-12-3-10(7-16)2-11(4-12)8-17/h2-4,9,16-17H,6-8H2,1H3. The molecule has 0 heterocycles. The van der Waals surface area contributed by atoms with Crippen LogP contribution in [0, 0.1) is 17.2 Å². The van der Waals surface area contributed by atoms with Crippen molar-refractivity contribution in [3.63, 3.8) is 0 Å². The number of aliphatic hydroxyl groups excluding tert-OH is 2. The number of nitrogens with zero attached hydrogens (tertiary/aromatic N) is 3. The van der Waals surface area contributed by atoms with Crippen molar-refractivity contribution in [2.75, 3.05) is 6.54 Å². The summed E-state index contributed by atoms with van der Waals surface area (Å²) in [6.45, 7) is 1.90. The van der Waals surface area contributed by atoms with Crippen molar-refractivity contribution < 1.29 is 10.2 Å². The first-order chi connectivity index (χ1) is 8.19. The van der Waals surface area contributed by atoms with Crippen LogP contribution in [0.25, 0.3) is 0 Å². The number of azo groups is 1.